The SMILES string of the molecule is CCCCCCCCCCCCc1cccc(Oc2ccccc2)c1S(=O)(=O)[O-].[K+]. The number of rotatable bonds is 14. The minimum Gasteiger partial charge on any atom is -0.744 e. The van der Waals surface area contributed by atoms with Crippen LogP contribution in [0.5, 0.6) is 11.5 Å². The molecule has 0 aliphatic rings. The zero-order valence-electron chi connectivity index (χ0n) is 18.4. The van der Waals surface area contributed by atoms with Crippen molar-refractivity contribution in [2.45, 2.75) is 82.4 Å². The topological polar surface area (TPSA) is 66.4 Å². The standard InChI is InChI=1S/C24H34O4S.K/c1-2-3-4-5-6-7-8-9-10-12-16-21-17-15-20-23(24(21)29(25,26)27)28-22-18-13-11-14-19-22;/h11,13-15,17-20H,2-10,12,16H2,1H3,(H,25,26,27);/q;+1/p-1. The second kappa shape index (κ2) is 15.6. The van der Waals surface area contributed by atoms with Crippen LogP contribution < -0.4 is 56.1 Å². The average molecular weight is 457 g/mol. The largest absolute Gasteiger partial charge is 1.00 e. The summed E-state index contributed by atoms with van der Waals surface area (Å²) in [5, 5.41) is 0. The van der Waals surface area contributed by atoms with Crippen molar-refractivity contribution in [3.8, 4) is 11.5 Å². The van der Waals surface area contributed by atoms with Crippen LogP contribution in [0.3, 0.4) is 0 Å². The summed E-state index contributed by atoms with van der Waals surface area (Å²) >= 11 is 0. The molecule has 30 heavy (non-hydrogen) atoms. The van der Waals surface area contributed by atoms with Gasteiger partial charge in [0.15, 0.2) is 0 Å². The van der Waals surface area contributed by atoms with Gasteiger partial charge in [-0.1, -0.05) is 95.0 Å². The smallest absolute Gasteiger partial charge is 0.744 e. The van der Waals surface area contributed by atoms with Gasteiger partial charge in [-0.2, -0.15) is 0 Å². The number of para-hydroxylation sites is 1. The normalized spacial score (nSPS) is 11.1. The first-order valence-corrected chi connectivity index (χ1v) is 12.2. The van der Waals surface area contributed by atoms with E-state index in [0.29, 0.717) is 17.7 Å². The molecule has 0 N–H and O–H groups in total. The van der Waals surface area contributed by atoms with Gasteiger partial charge in [-0.25, -0.2) is 8.42 Å². The number of hydrogen-bond acceptors (Lipinski definition) is 4. The summed E-state index contributed by atoms with van der Waals surface area (Å²) in [5.41, 5.74) is 0.549. The van der Waals surface area contributed by atoms with Crippen molar-refractivity contribution >= 4 is 10.1 Å². The van der Waals surface area contributed by atoms with Crippen LogP contribution in [0.4, 0.5) is 0 Å². The Kier molecular flexibility index (Phi) is 14.4. The van der Waals surface area contributed by atoms with E-state index in [1.807, 2.05) is 6.07 Å². The third-order valence-electron chi connectivity index (χ3n) is 5.08. The van der Waals surface area contributed by atoms with E-state index in [0.717, 1.165) is 19.3 Å². The van der Waals surface area contributed by atoms with E-state index in [-0.39, 0.29) is 62.0 Å². The second-order valence-electron chi connectivity index (χ2n) is 7.55. The van der Waals surface area contributed by atoms with Gasteiger partial charge in [0.05, 0.1) is 0 Å². The molecule has 0 amide bonds. The van der Waals surface area contributed by atoms with Gasteiger partial charge in [0.2, 0.25) is 0 Å². The van der Waals surface area contributed by atoms with Crippen molar-refractivity contribution in [3.63, 3.8) is 0 Å². The second-order valence-corrected chi connectivity index (χ2v) is 8.86. The molecule has 2 aromatic carbocycles. The van der Waals surface area contributed by atoms with E-state index in [4.69, 9.17) is 4.74 Å². The van der Waals surface area contributed by atoms with Crippen molar-refractivity contribution in [3.05, 3.63) is 54.1 Å². The molecule has 160 valence electrons. The first kappa shape index (κ1) is 27.8. The Labute approximate surface area is 225 Å². The Balaban J connectivity index is 0.00000450. The Morgan fingerprint density at radius 3 is 1.90 bits per heavy atom. The molecule has 0 aliphatic heterocycles. The molecular weight excluding hydrogens is 423 g/mol. The van der Waals surface area contributed by atoms with Crippen molar-refractivity contribution in [1.82, 2.24) is 0 Å². The molecule has 0 saturated heterocycles. The summed E-state index contributed by atoms with van der Waals surface area (Å²) in [6.07, 6.45) is 12.7. The maximum atomic E-state index is 11.9. The predicted molar refractivity (Wildman–Crippen MR) is 116 cm³/mol. The van der Waals surface area contributed by atoms with E-state index >= 15 is 0 Å². The molecule has 0 saturated carbocycles. The van der Waals surface area contributed by atoms with Gasteiger partial charge in [0.25, 0.3) is 0 Å². The maximum absolute atomic E-state index is 11.9. The molecule has 0 radical (unpaired) electrons. The van der Waals surface area contributed by atoms with Crippen LogP contribution in [-0.4, -0.2) is 13.0 Å². The van der Waals surface area contributed by atoms with Gasteiger partial charge in [-0.15, -0.1) is 0 Å². The third-order valence-corrected chi connectivity index (χ3v) is 6.04. The van der Waals surface area contributed by atoms with Gasteiger partial charge in [0, 0.05) is 0 Å². The van der Waals surface area contributed by atoms with Crippen molar-refractivity contribution in [2.24, 2.45) is 0 Å². The summed E-state index contributed by atoms with van der Waals surface area (Å²) in [6, 6.07) is 13.9. The average Bonchev–Trinajstić information content (AvgIpc) is 2.69. The molecular formula is C24H33KO4S. The Morgan fingerprint density at radius 2 is 1.33 bits per heavy atom. The van der Waals surface area contributed by atoms with E-state index in [2.05, 4.69) is 6.92 Å². The fourth-order valence-corrected chi connectivity index (χ4v) is 4.39. The van der Waals surface area contributed by atoms with Gasteiger partial charge >= 0.3 is 51.4 Å². The first-order valence-electron chi connectivity index (χ1n) is 10.8. The van der Waals surface area contributed by atoms with Crippen LogP contribution in [-0.2, 0) is 16.5 Å². The third kappa shape index (κ3) is 10.4. The number of unbranched alkanes of at least 4 members (excludes halogenated alkanes) is 9. The van der Waals surface area contributed by atoms with Crippen LogP contribution in [0.2, 0.25) is 0 Å². The number of ether oxygens (including phenoxy) is 1. The maximum Gasteiger partial charge on any atom is 1.00 e. The van der Waals surface area contributed by atoms with E-state index in [1.165, 1.54) is 44.9 Å². The van der Waals surface area contributed by atoms with Gasteiger partial charge in [-0.05, 0) is 36.6 Å². The molecule has 4 nitrogen and oxygen atoms in total. The molecule has 0 aliphatic carbocycles. The molecule has 0 atom stereocenters. The van der Waals surface area contributed by atoms with E-state index < -0.39 is 10.1 Å². The van der Waals surface area contributed by atoms with Crippen LogP contribution in [0.1, 0.15) is 76.7 Å². The minimum atomic E-state index is -4.62. The fraction of sp³-hybridized carbons (Fsp3) is 0.500. The predicted octanol–water partition coefficient (Wildman–Crippen LogP) is 3.85. The van der Waals surface area contributed by atoms with Crippen molar-refractivity contribution in [2.75, 3.05) is 0 Å². The zero-order chi connectivity index (χ0) is 21.0. The fourth-order valence-electron chi connectivity index (χ4n) is 3.54. The quantitative estimate of drug-likeness (QED) is 0.246. The summed E-state index contributed by atoms with van der Waals surface area (Å²) in [4.78, 5) is -0.222. The number of aryl methyl sites for hydroxylation is 1. The summed E-state index contributed by atoms with van der Waals surface area (Å²) in [6.45, 7) is 2.23. The monoisotopic (exact) mass is 456 g/mol. The van der Waals surface area contributed by atoms with Crippen LogP contribution >= 0.6 is 0 Å². The number of hydrogen-bond donors (Lipinski definition) is 0. The zero-order valence-corrected chi connectivity index (χ0v) is 22.4. The molecule has 2 aromatic rings. The Morgan fingerprint density at radius 1 is 0.767 bits per heavy atom. The molecule has 0 unspecified atom stereocenters. The molecule has 0 bridgehead atoms. The molecule has 0 aromatic heterocycles. The summed E-state index contributed by atoms with van der Waals surface area (Å²) < 4.78 is 41.4. The first-order chi connectivity index (χ1) is 14.0. The molecule has 0 heterocycles. The van der Waals surface area contributed by atoms with Gasteiger partial charge in [0.1, 0.15) is 26.5 Å². The summed E-state index contributed by atoms with van der Waals surface area (Å²) in [7, 11) is -4.62. The van der Waals surface area contributed by atoms with Gasteiger partial charge in [-0.3, -0.25) is 0 Å². The van der Waals surface area contributed by atoms with Crippen LogP contribution in [0.25, 0.3) is 0 Å². The van der Waals surface area contributed by atoms with Crippen LogP contribution in [0.15, 0.2) is 53.4 Å². The van der Waals surface area contributed by atoms with Crippen molar-refractivity contribution in [1.29, 1.82) is 0 Å². The van der Waals surface area contributed by atoms with Crippen molar-refractivity contribution < 1.29 is 69.1 Å². The minimum absolute atomic E-state index is 0. The molecule has 0 fully saturated rings. The summed E-state index contributed by atoms with van der Waals surface area (Å²) in [5.74, 6) is 0.615. The van der Waals surface area contributed by atoms with Gasteiger partial charge < -0.3 is 9.29 Å². The molecule has 6 heteroatoms. The Hall–Kier alpha value is -0.214. The Bertz CT molecular complexity index is 822. The van der Waals surface area contributed by atoms with E-state index in [9.17, 15) is 13.0 Å². The van der Waals surface area contributed by atoms with E-state index in [1.54, 1.807) is 42.5 Å². The molecule has 0 spiro atoms. The molecule has 2 rings (SSSR count). The van der Waals surface area contributed by atoms with Crippen LogP contribution in [0, 0.1) is 0 Å². The number of benzene rings is 2.